The van der Waals surface area contributed by atoms with E-state index in [4.69, 9.17) is 9.37 Å². The van der Waals surface area contributed by atoms with Crippen LogP contribution in [0.4, 0.5) is 11.6 Å². The molecule has 120 valence electrons. The van der Waals surface area contributed by atoms with Gasteiger partial charge in [0.15, 0.2) is 11.6 Å². The van der Waals surface area contributed by atoms with E-state index in [2.05, 4.69) is 30.9 Å². The Hall–Kier alpha value is -1.96. The molecular formula is C14H22N6O2. The molecule has 1 fully saturated rings. The number of hydrogen-bond acceptors (Lipinski definition) is 8. The van der Waals surface area contributed by atoms with Crippen LogP contribution in [0.3, 0.4) is 0 Å². The molecule has 0 bridgehead atoms. The normalized spacial score (nSPS) is 15.8. The molecule has 1 aliphatic carbocycles. The monoisotopic (exact) mass is 306 g/mol. The topological polar surface area (TPSA) is 98.0 Å². The summed E-state index contributed by atoms with van der Waals surface area (Å²) in [6, 6.07) is 0.444. The van der Waals surface area contributed by atoms with Crippen molar-refractivity contribution in [2.75, 3.05) is 23.8 Å². The highest BCUT2D eigenvalue weighted by molar-refractivity contribution is 5.73. The van der Waals surface area contributed by atoms with Gasteiger partial charge < -0.3 is 15.4 Å². The van der Waals surface area contributed by atoms with Gasteiger partial charge in [0.1, 0.15) is 0 Å². The highest BCUT2D eigenvalue weighted by atomic mass is 16.6. The summed E-state index contributed by atoms with van der Waals surface area (Å²) in [5.41, 5.74) is 0.828. The Morgan fingerprint density at radius 1 is 1.14 bits per heavy atom. The Bertz CT molecular complexity index is 608. The molecule has 0 amide bonds. The molecule has 2 aromatic heterocycles. The maximum atomic E-state index is 5.53. The van der Waals surface area contributed by atoms with Crippen LogP contribution >= 0.6 is 0 Å². The number of aromatic nitrogens is 4. The van der Waals surface area contributed by atoms with Crippen LogP contribution in [0.5, 0.6) is 0 Å². The Balaban J connectivity index is 1.72. The van der Waals surface area contributed by atoms with Crippen LogP contribution in [0.2, 0.25) is 0 Å². The van der Waals surface area contributed by atoms with Gasteiger partial charge in [-0.15, -0.1) is 0 Å². The van der Waals surface area contributed by atoms with Crippen LogP contribution in [0.25, 0.3) is 11.3 Å². The minimum absolute atomic E-state index is 0.214. The van der Waals surface area contributed by atoms with Crippen molar-refractivity contribution in [1.29, 1.82) is 0 Å². The molecule has 0 aromatic carbocycles. The molecule has 0 atom stereocenters. The lowest BCUT2D eigenvalue weighted by Gasteiger charge is -2.16. The Morgan fingerprint density at radius 2 is 1.82 bits per heavy atom. The zero-order valence-electron chi connectivity index (χ0n) is 13.0. The van der Waals surface area contributed by atoms with Crippen LogP contribution < -0.4 is 10.6 Å². The first-order valence-electron chi connectivity index (χ1n) is 7.84. The molecular weight excluding hydrogens is 284 g/mol. The van der Waals surface area contributed by atoms with Gasteiger partial charge in [-0.3, -0.25) is 0 Å². The van der Waals surface area contributed by atoms with E-state index in [9.17, 15) is 0 Å². The van der Waals surface area contributed by atoms with Crippen molar-refractivity contribution in [1.82, 2.24) is 20.3 Å². The van der Waals surface area contributed by atoms with Gasteiger partial charge in [0.25, 0.3) is 0 Å². The molecule has 22 heavy (non-hydrogen) atoms. The van der Waals surface area contributed by atoms with Gasteiger partial charge in [-0.05, 0) is 37.0 Å². The minimum Gasteiger partial charge on any atom is -0.377 e. The maximum absolute atomic E-state index is 5.53. The summed E-state index contributed by atoms with van der Waals surface area (Å²) in [4.78, 5) is 8.90. The van der Waals surface area contributed by atoms with Gasteiger partial charge in [-0.2, -0.15) is 0 Å². The maximum Gasteiger partial charge on any atom is 0.245 e. The number of fused-ring (bicyclic) bond motifs is 1. The first-order valence-corrected chi connectivity index (χ1v) is 7.84. The molecule has 8 nitrogen and oxygen atoms in total. The van der Waals surface area contributed by atoms with E-state index in [0.29, 0.717) is 42.1 Å². The van der Waals surface area contributed by atoms with Gasteiger partial charge in [-0.25, -0.2) is 14.6 Å². The first-order chi connectivity index (χ1) is 10.7. The van der Waals surface area contributed by atoms with Crippen molar-refractivity contribution in [2.45, 2.75) is 51.7 Å². The lowest BCUT2D eigenvalue weighted by Crippen LogP contribution is -2.19. The standard InChI is InChI=1S/C14H22N6O2/c1-9(2)21-8-7-15-11-12(16-10-5-3-4-6-10)18-14-13(17-11)19-22-20-14/h9-10H,3-8H2,1-2H3,(H,15,17,19)(H,16,18,20). The van der Waals surface area contributed by atoms with Crippen LogP contribution in [0.1, 0.15) is 39.5 Å². The summed E-state index contributed by atoms with van der Waals surface area (Å²) in [6.45, 7) is 5.29. The SMILES string of the molecule is CC(C)OCCNc1nc2nonc2nc1NC1CCCC1. The molecule has 8 heteroatoms. The summed E-state index contributed by atoms with van der Waals surface area (Å²) < 4.78 is 10.2. The lowest BCUT2D eigenvalue weighted by molar-refractivity contribution is 0.0870. The molecule has 2 N–H and O–H groups in total. The molecule has 0 aliphatic heterocycles. The third kappa shape index (κ3) is 3.62. The number of rotatable bonds is 7. The summed E-state index contributed by atoms with van der Waals surface area (Å²) in [6.07, 6.45) is 5.04. The highest BCUT2D eigenvalue weighted by Crippen LogP contribution is 2.25. The third-order valence-corrected chi connectivity index (χ3v) is 3.66. The smallest absolute Gasteiger partial charge is 0.245 e. The van der Waals surface area contributed by atoms with Gasteiger partial charge in [0, 0.05) is 12.6 Å². The van der Waals surface area contributed by atoms with Gasteiger partial charge >= 0.3 is 0 Å². The Labute approximate surface area is 129 Å². The average molecular weight is 306 g/mol. The molecule has 2 aromatic rings. The van der Waals surface area contributed by atoms with Crippen molar-refractivity contribution in [3.63, 3.8) is 0 Å². The van der Waals surface area contributed by atoms with Gasteiger partial charge in [0.2, 0.25) is 11.3 Å². The van der Waals surface area contributed by atoms with E-state index < -0.39 is 0 Å². The van der Waals surface area contributed by atoms with Crippen LogP contribution in [0, 0.1) is 0 Å². The highest BCUT2D eigenvalue weighted by Gasteiger charge is 2.19. The van der Waals surface area contributed by atoms with Gasteiger partial charge in [-0.1, -0.05) is 12.8 Å². The fourth-order valence-electron chi connectivity index (χ4n) is 2.59. The van der Waals surface area contributed by atoms with E-state index in [1.54, 1.807) is 0 Å². The van der Waals surface area contributed by atoms with E-state index in [0.717, 1.165) is 12.8 Å². The summed E-state index contributed by atoms with van der Waals surface area (Å²) in [5, 5.41) is 14.2. The zero-order chi connectivity index (χ0) is 15.4. The second kappa shape index (κ2) is 6.87. The van der Waals surface area contributed by atoms with E-state index >= 15 is 0 Å². The summed E-state index contributed by atoms with van der Waals surface area (Å²) >= 11 is 0. The second-order valence-corrected chi connectivity index (χ2v) is 5.80. The van der Waals surface area contributed by atoms with E-state index in [1.807, 2.05) is 13.8 Å². The van der Waals surface area contributed by atoms with Crippen LogP contribution in [-0.2, 0) is 4.74 Å². The molecule has 0 spiro atoms. The minimum atomic E-state index is 0.214. The molecule has 1 aliphatic rings. The molecule has 3 rings (SSSR count). The van der Waals surface area contributed by atoms with Crippen molar-refractivity contribution >= 4 is 22.9 Å². The second-order valence-electron chi connectivity index (χ2n) is 5.80. The predicted octanol–water partition coefficient (Wildman–Crippen LogP) is 2.20. The largest absolute Gasteiger partial charge is 0.377 e. The molecule has 0 radical (unpaired) electrons. The Kier molecular flexibility index (Phi) is 4.67. The van der Waals surface area contributed by atoms with Crippen molar-refractivity contribution in [3.05, 3.63) is 0 Å². The average Bonchev–Trinajstić information content (AvgIpc) is 3.14. The predicted molar refractivity (Wildman–Crippen MR) is 82.9 cm³/mol. The van der Waals surface area contributed by atoms with Crippen molar-refractivity contribution in [2.24, 2.45) is 0 Å². The van der Waals surface area contributed by atoms with E-state index in [1.165, 1.54) is 12.8 Å². The summed E-state index contributed by atoms with van der Waals surface area (Å²) in [7, 11) is 0. The van der Waals surface area contributed by atoms with Gasteiger partial charge in [0.05, 0.1) is 12.7 Å². The van der Waals surface area contributed by atoms with Crippen molar-refractivity contribution < 1.29 is 9.37 Å². The summed E-state index contributed by atoms with van der Waals surface area (Å²) in [5.74, 6) is 1.38. The molecule has 1 saturated carbocycles. The third-order valence-electron chi connectivity index (χ3n) is 3.66. The van der Waals surface area contributed by atoms with Crippen LogP contribution in [0.15, 0.2) is 4.63 Å². The lowest BCUT2D eigenvalue weighted by atomic mass is 10.2. The molecule has 0 saturated heterocycles. The number of nitrogens with one attached hydrogen (secondary N) is 2. The number of ether oxygens (including phenoxy) is 1. The zero-order valence-corrected chi connectivity index (χ0v) is 13.0. The van der Waals surface area contributed by atoms with Crippen molar-refractivity contribution in [3.8, 4) is 0 Å². The quantitative estimate of drug-likeness (QED) is 0.751. The fraction of sp³-hybridized carbons (Fsp3) is 0.714. The fourth-order valence-corrected chi connectivity index (χ4v) is 2.59. The number of hydrogen-bond donors (Lipinski definition) is 2. The number of anilines is 2. The Morgan fingerprint density at radius 3 is 2.50 bits per heavy atom. The van der Waals surface area contributed by atoms with Crippen LogP contribution in [-0.4, -0.2) is 45.6 Å². The first kappa shape index (κ1) is 15.0. The molecule has 0 unspecified atom stereocenters. The van der Waals surface area contributed by atoms with E-state index in [-0.39, 0.29) is 6.10 Å². The number of nitrogens with zero attached hydrogens (tertiary/aromatic N) is 4. The molecule has 2 heterocycles.